The van der Waals surface area contributed by atoms with Crippen LogP contribution in [0.3, 0.4) is 0 Å². The van der Waals surface area contributed by atoms with E-state index in [9.17, 15) is 4.79 Å². The van der Waals surface area contributed by atoms with Crippen LogP contribution in [-0.4, -0.2) is 43.2 Å². The highest BCUT2D eigenvalue weighted by molar-refractivity contribution is 6.03. The average molecular weight is 316 g/mol. The maximum atomic E-state index is 12.2. The number of ether oxygens (including phenoxy) is 2. The standard InChI is InChI=1S/C16H20N4O3/c1-22-9-5-8-17-15-11-18-13(10-19-15)16(21)20-12-6-3-4-7-14(12)23-2/h3-4,6-7,10-11H,5,8-9H2,1-2H3,(H,17,19)(H,20,21). The molecule has 0 saturated heterocycles. The zero-order valence-corrected chi connectivity index (χ0v) is 13.2. The van der Waals surface area contributed by atoms with Crippen molar-refractivity contribution in [2.75, 3.05) is 38.0 Å². The fourth-order valence-electron chi connectivity index (χ4n) is 1.90. The van der Waals surface area contributed by atoms with Crippen LogP contribution in [0.25, 0.3) is 0 Å². The number of para-hydroxylation sites is 2. The third-order valence-electron chi connectivity index (χ3n) is 3.07. The Balaban J connectivity index is 1.94. The molecule has 7 nitrogen and oxygen atoms in total. The Bertz CT molecular complexity index is 631. The van der Waals surface area contributed by atoms with Crippen LogP contribution in [0.4, 0.5) is 11.5 Å². The lowest BCUT2D eigenvalue weighted by Crippen LogP contribution is -2.15. The minimum absolute atomic E-state index is 0.235. The summed E-state index contributed by atoms with van der Waals surface area (Å²) in [5.41, 5.74) is 0.821. The van der Waals surface area contributed by atoms with Gasteiger partial charge in [0.05, 0.1) is 25.2 Å². The Kier molecular flexibility index (Phi) is 6.31. The van der Waals surface area contributed by atoms with E-state index in [1.807, 2.05) is 12.1 Å². The number of benzene rings is 1. The van der Waals surface area contributed by atoms with Crippen LogP contribution in [0.5, 0.6) is 5.75 Å². The molecule has 2 rings (SSSR count). The molecule has 0 bridgehead atoms. The van der Waals surface area contributed by atoms with Gasteiger partial charge in [-0.1, -0.05) is 12.1 Å². The van der Waals surface area contributed by atoms with Crippen LogP contribution in [0.1, 0.15) is 16.9 Å². The summed E-state index contributed by atoms with van der Waals surface area (Å²) in [6, 6.07) is 7.18. The van der Waals surface area contributed by atoms with Gasteiger partial charge in [-0.25, -0.2) is 9.97 Å². The summed E-state index contributed by atoms with van der Waals surface area (Å²) in [6.07, 6.45) is 3.83. The second-order valence-electron chi connectivity index (χ2n) is 4.71. The zero-order valence-electron chi connectivity index (χ0n) is 13.2. The predicted molar refractivity (Wildman–Crippen MR) is 88.0 cm³/mol. The molecule has 122 valence electrons. The van der Waals surface area contributed by atoms with Crippen molar-refractivity contribution >= 4 is 17.4 Å². The molecular formula is C16H20N4O3. The minimum atomic E-state index is -0.340. The number of anilines is 2. The maximum absolute atomic E-state index is 12.2. The molecule has 7 heteroatoms. The van der Waals surface area contributed by atoms with Gasteiger partial charge < -0.3 is 20.1 Å². The Morgan fingerprint density at radius 3 is 2.70 bits per heavy atom. The van der Waals surface area contributed by atoms with E-state index in [0.717, 1.165) is 13.0 Å². The van der Waals surface area contributed by atoms with E-state index in [0.29, 0.717) is 23.9 Å². The molecule has 1 amide bonds. The Labute approximate surface area is 135 Å². The number of hydrogen-bond acceptors (Lipinski definition) is 6. The molecule has 0 fully saturated rings. The first-order valence-electron chi connectivity index (χ1n) is 7.24. The van der Waals surface area contributed by atoms with E-state index in [1.54, 1.807) is 26.4 Å². The molecule has 1 aromatic heterocycles. The first-order chi connectivity index (χ1) is 11.2. The van der Waals surface area contributed by atoms with E-state index in [-0.39, 0.29) is 11.6 Å². The second kappa shape index (κ2) is 8.70. The number of nitrogens with zero attached hydrogens (tertiary/aromatic N) is 2. The maximum Gasteiger partial charge on any atom is 0.275 e. The number of amides is 1. The largest absolute Gasteiger partial charge is 0.495 e. The van der Waals surface area contributed by atoms with Gasteiger partial charge in [-0.05, 0) is 18.6 Å². The van der Waals surface area contributed by atoms with E-state index in [2.05, 4.69) is 20.6 Å². The van der Waals surface area contributed by atoms with Crippen LogP contribution in [0, 0.1) is 0 Å². The summed E-state index contributed by atoms with van der Waals surface area (Å²) in [4.78, 5) is 20.5. The summed E-state index contributed by atoms with van der Waals surface area (Å²) in [5, 5.41) is 5.86. The lowest BCUT2D eigenvalue weighted by Gasteiger charge is -2.09. The number of methoxy groups -OCH3 is 2. The van der Waals surface area contributed by atoms with Crippen molar-refractivity contribution in [1.82, 2.24) is 9.97 Å². The van der Waals surface area contributed by atoms with Gasteiger partial charge in [0.2, 0.25) is 0 Å². The molecule has 1 heterocycles. The van der Waals surface area contributed by atoms with Crippen LogP contribution in [-0.2, 0) is 4.74 Å². The molecule has 0 saturated carbocycles. The van der Waals surface area contributed by atoms with Gasteiger partial charge in [0.25, 0.3) is 5.91 Å². The van der Waals surface area contributed by atoms with Gasteiger partial charge in [0.1, 0.15) is 17.3 Å². The highest BCUT2D eigenvalue weighted by atomic mass is 16.5. The lowest BCUT2D eigenvalue weighted by atomic mass is 10.3. The van der Waals surface area contributed by atoms with Crippen molar-refractivity contribution in [3.63, 3.8) is 0 Å². The number of nitrogens with one attached hydrogen (secondary N) is 2. The zero-order chi connectivity index (χ0) is 16.5. The van der Waals surface area contributed by atoms with Crippen molar-refractivity contribution in [1.29, 1.82) is 0 Å². The number of rotatable bonds is 8. The van der Waals surface area contributed by atoms with Gasteiger partial charge in [0.15, 0.2) is 0 Å². The van der Waals surface area contributed by atoms with Crippen molar-refractivity contribution in [3.05, 3.63) is 42.4 Å². The van der Waals surface area contributed by atoms with Crippen LogP contribution in [0.2, 0.25) is 0 Å². The summed E-state index contributed by atoms with van der Waals surface area (Å²) < 4.78 is 10.2. The monoisotopic (exact) mass is 316 g/mol. The van der Waals surface area contributed by atoms with Gasteiger partial charge in [-0.15, -0.1) is 0 Å². The first kappa shape index (κ1) is 16.7. The molecule has 0 atom stereocenters. The Morgan fingerprint density at radius 2 is 2.00 bits per heavy atom. The van der Waals surface area contributed by atoms with Gasteiger partial charge in [-0.3, -0.25) is 4.79 Å². The summed E-state index contributed by atoms with van der Waals surface area (Å²) >= 11 is 0. The third kappa shape index (κ3) is 4.93. The summed E-state index contributed by atoms with van der Waals surface area (Å²) in [7, 11) is 3.21. The number of aromatic nitrogens is 2. The van der Waals surface area contributed by atoms with Gasteiger partial charge in [0, 0.05) is 20.3 Å². The predicted octanol–water partition coefficient (Wildman–Crippen LogP) is 2.19. The fourth-order valence-corrected chi connectivity index (χ4v) is 1.90. The second-order valence-corrected chi connectivity index (χ2v) is 4.71. The quantitative estimate of drug-likeness (QED) is 0.726. The molecule has 23 heavy (non-hydrogen) atoms. The normalized spacial score (nSPS) is 10.2. The third-order valence-corrected chi connectivity index (χ3v) is 3.07. The minimum Gasteiger partial charge on any atom is -0.495 e. The highest BCUT2D eigenvalue weighted by Crippen LogP contribution is 2.23. The lowest BCUT2D eigenvalue weighted by molar-refractivity contribution is 0.102. The fraction of sp³-hybridized carbons (Fsp3) is 0.312. The van der Waals surface area contributed by atoms with E-state index in [1.165, 1.54) is 12.4 Å². The summed E-state index contributed by atoms with van der Waals surface area (Å²) in [6.45, 7) is 1.41. The van der Waals surface area contributed by atoms with E-state index >= 15 is 0 Å². The average Bonchev–Trinajstić information content (AvgIpc) is 2.59. The van der Waals surface area contributed by atoms with Crippen LogP contribution < -0.4 is 15.4 Å². The molecule has 0 aliphatic heterocycles. The van der Waals surface area contributed by atoms with Crippen molar-refractivity contribution < 1.29 is 14.3 Å². The van der Waals surface area contributed by atoms with Gasteiger partial charge >= 0.3 is 0 Å². The van der Waals surface area contributed by atoms with E-state index in [4.69, 9.17) is 9.47 Å². The number of hydrogen-bond donors (Lipinski definition) is 2. The molecule has 2 N–H and O–H groups in total. The molecular weight excluding hydrogens is 296 g/mol. The Morgan fingerprint density at radius 1 is 1.17 bits per heavy atom. The molecule has 0 unspecified atom stereocenters. The van der Waals surface area contributed by atoms with Gasteiger partial charge in [-0.2, -0.15) is 0 Å². The SMILES string of the molecule is COCCCNc1cnc(C(=O)Nc2ccccc2OC)cn1. The van der Waals surface area contributed by atoms with Crippen molar-refractivity contribution in [2.45, 2.75) is 6.42 Å². The number of carbonyl (C=O) groups excluding carboxylic acids is 1. The molecule has 2 aromatic rings. The molecule has 0 spiro atoms. The molecule has 0 aliphatic carbocycles. The smallest absolute Gasteiger partial charge is 0.275 e. The summed E-state index contributed by atoms with van der Waals surface area (Å²) in [5.74, 6) is 0.869. The topological polar surface area (TPSA) is 85.4 Å². The first-order valence-corrected chi connectivity index (χ1v) is 7.24. The molecule has 1 aromatic carbocycles. The molecule has 0 aliphatic rings. The van der Waals surface area contributed by atoms with Crippen molar-refractivity contribution in [3.8, 4) is 5.75 Å². The highest BCUT2D eigenvalue weighted by Gasteiger charge is 2.11. The number of carbonyl (C=O) groups is 1. The Hall–Kier alpha value is -2.67. The van der Waals surface area contributed by atoms with Crippen molar-refractivity contribution in [2.24, 2.45) is 0 Å². The van der Waals surface area contributed by atoms with Crippen LogP contribution in [0.15, 0.2) is 36.7 Å². The molecule has 0 radical (unpaired) electrons. The van der Waals surface area contributed by atoms with E-state index < -0.39 is 0 Å². The van der Waals surface area contributed by atoms with Crippen LogP contribution >= 0.6 is 0 Å².